The van der Waals surface area contributed by atoms with Crippen molar-refractivity contribution in [2.24, 2.45) is 0 Å². The number of nitrogens with zero attached hydrogens (tertiary/aromatic N) is 3. The van der Waals surface area contributed by atoms with Crippen molar-refractivity contribution in [3.63, 3.8) is 0 Å². The number of amides is 4. The topological polar surface area (TPSA) is 96.3 Å². The van der Waals surface area contributed by atoms with Crippen LogP contribution in [0.15, 0.2) is 36.7 Å². The Morgan fingerprint density at radius 2 is 1.92 bits per heavy atom. The molecule has 1 aliphatic heterocycles. The van der Waals surface area contributed by atoms with Crippen molar-refractivity contribution in [2.45, 2.75) is 39.4 Å². The van der Waals surface area contributed by atoms with Crippen LogP contribution in [0.2, 0.25) is 0 Å². The first-order valence-electron chi connectivity index (χ1n) is 8.26. The lowest BCUT2D eigenvalue weighted by Gasteiger charge is -2.16. The summed E-state index contributed by atoms with van der Waals surface area (Å²) in [7, 11) is 0. The van der Waals surface area contributed by atoms with E-state index in [1.54, 1.807) is 55.2 Å². The lowest BCUT2D eigenvalue weighted by molar-refractivity contribution is -0.130. The number of carbonyl (C=O) groups excluding carboxylic acids is 3. The molecule has 1 fully saturated rings. The molecule has 136 valence electrons. The van der Waals surface area contributed by atoms with Gasteiger partial charge in [0, 0.05) is 11.9 Å². The predicted octanol–water partition coefficient (Wildman–Crippen LogP) is 1.66. The molecule has 2 heterocycles. The largest absolute Gasteiger partial charge is 0.325 e. The number of anilines is 1. The van der Waals surface area contributed by atoms with Crippen LogP contribution in [0.4, 0.5) is 10.5 Å². The summed E-state index contributed by atoms with van der Waals surface area (Å²) >= 11 is 0. The minimum absolute atomic E-state index is 0.132. The van der Waals surface area contributed by atoms with Crippen molar-refractivity contribution < 1.29 is 14.4 Å². The normalized spacial score (nSPS) is 15.9. The number of benzene rings is 1. The molecule has 1 saturated heterocycles. The van der Waals surface area contributed by atoms with Crippen molar-refractivity contribution in [3.8, 4) is 0 Å². The number of aromatic nitrogens is 2. The number of urea groups is 1. The standard InChI is InChI=1S/C18H21N5O3/c1-12-8-19-22(9-12)11-15(24)20-14-6-4-13(5-7-14)10-23-16(25)18(2,3)21-17(23)26/h4-9H,10-11H2,1-3H3,(H,20,24)(H,21,26). The SMILES string of the molecule is Cc1cnn(CC(=O)Nc2ccc(CN3C(=O)NC(C)(C)C3=O)cc2)c1. The number of rotatable bonds is 5. The molecule has 1 aliphatic rings. The third kappa shape index (κ3) is 3.74. The van der Waals surface area contributed by atoms with E-state index in [0.29, 0.717) is 5.69 Å². The van der Waals surface area contributed by atoms with Gasteiger partial charge in [0.25, 0.3) is 5.91 Å². The fourth-order valence-corrected chi connectivity index (χ4v) is 2.74. The van der Waals surface area contributed by atoms with E-state index in [1.165, 1.54) is 4.90 Å². The zero-order valence-electron chi connectivity index (χ0n) is 14.9. The molecule has 1 aromatic heterocycles. The van der Waals surface area contributed by atoms with Crippen LogP contribution in [-0.4, -0.2) is 38.1 Å². The van der Waals surface area contributed by atoms with Gasteiger partial charge in [0.2, 0.25) is 5.91 Å². The molecule has 0 unspecified atom stereocenters. The predicted molar refractivity (Wildman–Crippen MR) is 95.2 cm³/mol. The minimum Gasteiger partial charge on any atom is -0.324 e. The maximum Gasteiger partial charge on any atom is 0.325 e. The molecule has 2 aromatic rings. The number of hydrogen-bond donors (Lipinski definition) is 2. The van der Waals surface area contributed by atoms with Gasteiger partial charge in [0.1, 0.15) is 12.1 Å². The van der Waals surface area contributed by atoms with Gasteiger partial charge < -0.3 is 10.6 Å². The van der Waals surface area contributed by atoms with Crippen LogP contribution in [0, 0.1) is 6.92 Å². The Morgan fingerprint density at radius 3 is 2.46 bits per heavy atom. The molecule has 26 heavy (non-hydrogen) atoms. The van der Waals surface area contributed by atoms with Crippen molar-refractivity contribution >= 4 is 23.5 Å². The second-order valence-electron chi connectivity index (χ2n) is 6.91. The number of imide groups is 1. The molecule has 0 radical (unpaired) electrons. The summed E-state index contributed by atoms with van der Waals surface area (Å²) in [5.41, 5.74) is 1.55. The van der Waals surface area contributed by atoms with E-state index >= 15 is 0 Å². The summed E-state index contributed by atoms with van der Waals surface area (Å²) in [6.07, 6.45) is 3.49. The van der Waals surface area contributed by atoms with Gasteiger partial charge in [-0.2, -0.15) is 5.10 Å². The molecule has 8 nitrogen and oxygen atoms in total. The lowest BCUT2D eigenvalue weighted by atomic mass is 10.1. The number of hydrogen-bond acceptors (Lipinski definition) is 4. The van der Waals surface area contributed by atoms with Crippen LogP contribution >= 0.6 is 0 Å². The molecule has 0 atom stereocenters. The first-order valence-corrected chi connectivity index (χ1v) is 8.26. The number of carbonyl (C=O) groups is 3. The van der Waals surface area contributed by atoms with Gasteiger partial charge in [-0.1, -0.05) is 12.1 Å². The maximum absolute atomic E-state index is 12.2. The summed E-state index contributed by atoms with van der Waals surface area (Å²) in [5.74, 6) is -0.439. The first kappa shape index (κ1) is 17.7. The van der Waals surface area contributed by atoms with Gasteiger partial charge in [-0.15, -0.1) is 0 Å². The highest BCUT2D eigenvalue weighted by Gasteiger charge is 2.43. The Balaban J connectivity index is 1.59. The average molecular weight is 355 g/mol. The second kappa shape index (κ2) is 6.62. The van der Waals surface area contributed by atoms with E-state index in [9.17, 15) is 14.4 Å². The second-order valence-corrected chi connectivity index (χ2v) is 6.91. The molecule has 8 heteroatoms. The van der Waals surface area contributed by atoms with E-state index in [1.807, 2.05) is 6.92 Å². The Kier molecular flexibility index (Phi) is 4.50. The van der Waals surface area contributed by atoms with Crippen LogP contribution in [0.3, 0.4) is 0 Å². The van der Waals surface area contributed by atoms with Crippen LogP contribution < -0.4 is 10.6 Å². The quantitative estimate of drug-likeness (QED) is 0.797. The number of aryl methyl sites for hydroxylation is 1. The third-order valence-electron chi connectivity index (χ3n) is 4.09. The molecule has 0 bridgehead atoms. The zero-order valence-corrected chi connectivity index (χ0v) is 14.9. The van der Waals surface area contributed by atoms with E-state index in [4.69, 9.17) is 0 Å². The number of nitrogens with one attached hydrogen (secondary N) is 2. The molecule has 3 rings (SSSR count). The van der Waals surface area contributed by atoms with Crippen LogP contribution in [-0.2, 0) is 22.7 Å². The summed E-state index contributed by atoms with van der Waals surface area (Å²) < 4.78 is 1.57. The van der Waals surface area contributed by atoms with Gasteiger partial charge in [0.05, 0.1) is 12.7 Å². The minimum atomic E-state index is -0.879. The van der Waals surface area contributed by atoms with E-state index in [2.05, 4.69) is 15.7 Å². The van der Waals surface area contributed by atoms with Crippen molar-refractivity contribution in [2.75, 3.05) is 5.32 Å². The van der Waals surface area contributed by atoms with Crippen molar-refractivity contribution in [3.05, 3.63) is 47.8 Å². The van der Waals surface area contributed by atoms with E-state index < -0.39 is 11.6 Å². The molecule has 0 saturated carbocycles. The Morgan fingerprint density at radius 1 is 1.23 bits per heavy atom. The first-order chi connectivity index (χ1) is 12.2. The molecule has 4 amide bonds. The van der Waals surface area contributed by atoms with Gasteiger partial charge in [0.15, 0.2) is 0 Å². The smallest absolute Gasteiger partial charge is 0.324 e. The van der Waals surface area contributed by atoms with Gasteiger partial charge in [-0.05, 0) is 44.0 Å². The molecule has 2 N–H and O–H groups in total. The van der Waals surface area contributed by atoms with Gasteiger partial charge in [-0.3, -0.25) is 19.2 Å². The van der Waals surface area contributed by atoms with Gasteiger partial charge >= 0.3 is 6.03 Å². The van der Waals surface area contributed by atoms with Crippen LogP contribution in [0.25, 0.3) is 0 Å². The Labute approximate surface area is 151 Å². The monoisotopic (exact) mass is 355 g/mol. The molecular weight excluding hydrogens is 334 g/mol. The lowest BCUT2D eigenvalue weighted by Crippen LogP contribution is -2.40. The maximum atomic E-state index is 12.2. The van der Waals surface area contributed by atoms with Gasteiger partial charge in [-0.25, -0.2) is 4.79 Å². The fraction of sp³-hybridized carbons (Fsp3) is 0.333. The molecule has 0 spiro atoms. The Hall–Kier alpha value is -3.16. The summed E-state index contributed by atoms with van der Waals surface area (Å²) in [6.45, 7) is 5.58. The molecule has 1 aromatic carbocycles. The summed E-state index contributed by atoms with van der Waals surface area (Å²) in [6, 6.07) is 6.64. The van der Waals surface area contributed by atoms with Crippen molar-refractivity contribution in [1.82, 2.24) is 20.0 Å². The zero-order chi connectivity index (χ0) is 18.9. The highest BCUT2D eigenvalue weighted by atomic mass is 16.2. The van der Waals surface area contributed by atoms with Crippen LogP contribution in [0.1, 0.15) is 25.0 Å². The highest BCUT2D eigenvalue weighted by Crippen LogP contribution is 2.20. The van der Waals surface area contributed by atoms with E-state index in [0.717, 1.165) is 11.1 Å². The molecular formula is C18H21N5O3. The summed E-state index contributed by atoms with van der Waals surface area (Å²) in [5, 5.41) is 9.51. The average Bonchev–Trinajstić information content (AvgIpc) is 3.04. The Bertz CT molecular complexity index is 854. The summed E-state index contributed by atoms with van der Waals surface area (Å²) in [4.78, 5) is 37.4. The third-order valence-corrected chi connectivity index (χ3v) is 4.09. The fourth-order valence-electron chi connectivity index (χ4n) is 2.74. The van der Waals surface area contributed by atoms with Crippen LogP contribution in [0.5, 0.6) is 0 Å². The van der Waals surface area contributed by atoms with Crippen molar-refractivity contribution in [1.29, 1.82) is 0 Å². The van der Waals surface area contributed by atoms with E-state index in [-0.39, 0.29) is 24.9 Å². The molecule has 0 aliphatic carbocycles. The highest BCUT2D eigenvalue weighted by molar-refractivity contribution is 6.06.